The molecular weight excluding hydrogens is 503 g/mol. The number of ether oxygens (including phenoxy) is 1. The van der Waals surface area contributed by atoms with E-state index in [0.29, 0.717) is 42.4 Å². The number of nitrogens with one attached hydrogen (secondary N) is 1. The summed E-state index contributed by atoms with van der Waals surface area (Å²) in [6, 6.07) is 9.69. The van der Waals surface area contributed by atoms with Gasteiger partial charge in [-0.05, 0) is 43.2 Å². The zero-order chi connectivity index (χ0) is 25.2. The molecule has 0 aliphatic carbocycles. The third-order valence-corrected chi connectivity index (χ3v) is 7.00. The molecule has 0 saturated carbocycles. The van der Waals surface area contributed by atoms with Gasteiger partial charge in [0.15, 0.2) is 0 Å². The molecule has 0 unspecified atom stereocenters. The third-order valence-electron chi connectivity index (χ3n) is 5.76. The molecule has 0 bridgehead atoms. The first kappa shape index (κ1) is 25.0. The van der Waals surface area contributed by atoms with E-state index in [1.807, 2.05) is 0 Å². The largest absolute Gasteiger partial charge is 0.495 e. The van der Waals surface area contributed by atoms with Gasteiger partial charge in [-0.3, -0.25) is 9.59 Å². The first-order chi connectivity index (χ1) is 16.7. The number of hydrogen-bond donors (Lipinski definition) is 1. The Bertz CT molecular complexity index is 1240. The van der Waals surface area contributed by atoms with Crippen molar-refractivity contribution < 1.29 is 27.5 Å². The lowest BCUT2D eigenvalue weighted by Crippen LogP contribution is -2.38. The minimum absolute atomic E-state index is 0.00386. The summed E-state index contributed by atoms with van der Waals surface area (Å²) in [5.41, 5.74) is -0.614. The second-order valence-corrected chi connectivity index (χ2v) is 9.31. The topological polar surface area (TPSA) is 71.5 Å². The lowest BCUT2D eigenvalue weighted by Gasteiger charge is -2.31. The minimum Gasteiger partial charge on any atom is -0.495 e. The van der Waals surface area contributed by atoms with E-state index in [-0.39, 0.29) is 17.2 Å². The summed E-state index contributed by atoms with van der Waals surface area (Å²) >= 11 is 7.35. The average molecular weight is 524 g/mol. The highest BCUT2D eigenvalue weighted by molar-refractivity contribution is 7.10. The monoisotopic (exact) mass is 523 g/mol. The molecular formula is C24H21ClF3N3O3S. The number of carbonyl (C=O) groups is 2. The van der Waals surface area contributed by atoms with Crippen molar-refractivity contribution >= 4 is 40.4 Å². The van der Waals surface area contributed by atoms with E-state index in [1.165, 1.54) is 41.5 Å². The van der Waals surface area contributed by atoms with Crippen molar-refractivity contribution in [2.75, 3.05) is 25.5 Å². The molecule has 2 heterocycles. The standard InChI is InChI=1S/C24H21ClF3N3O3S/c1-34-20-7-6-15(25)12-18(20)29-21(32)19-13-35-22(30-19)14-8-10-31(11-9-14)23(33)16-4-2-3-5-17(16)24(26,27)28/h2-7,12-14H,8-11H2,1H3,(H,29,32). The maximum Gasteiger partial charge on any atom is 0.417 e. The first-order valence-electron chi connectivity index (χ1n) is 10.7. The van der Waals surface area contributed by atoms with Gasteiger partial charge in [-0.25, -0.2) is 4.98 Å². The van der Waals surface area contributed by atoms with Crippen LogP contribution in [0.3, 0.4) is 0 Å². The van der Waals surface area contributed by atoms with E-state index in [0.717, 1.165) is 11.1 Å². The molecule has 2 amide bonds. The minimum atomic E-state index is -4.60. The normalized spacial score (nSPS) is 14.6. The van der Waals surface area contributed by atoms with Crippen molar-refractivity contribution in [1.29, 1.82) is 0 Å². The number of likely N-dealkylation sites (tertiary alicyclic amines) is 1. The number of anilines is 1. The average Bonchev–Trinajstić information content (AvgIpc) is 3.34. The van der Waals surface area contributed by atoms with Gasteiger partial charge in [0.25, 0.3) is 11.8 Å². The number of hydrogen-bond acceptors (Lipinski definition) is 5. The molecule has 0 spiro atoms. The van der Waals surface area contributed by atoms with Gasteiger partial charge in [-0.2, -0.15) is 13.2 Å². The number of aromatic nitrogens is 1. The summed E-state index contributed by atoms with van der Waals surface area (Å²) in [5.74, 6) is -0.581. The van der Waals surface area contributed by atoms with Crippen LogP contribution in [0, 0.1) is 0 Å². The number of amides is 2. The van der Waals surface area contributed by atoms with Crippen LogP contribution in [0.4, 0.5) is 18.9 Å². The number of halogens is 4. The third kappa shape index (κ3) is 5.59. The van der Waals surface area contributed by atoms with Crippen LogP contribution >= 0.6 is 22.9 Å². The Morgan fingerprint density at radius 1 is 1.17 bits per heavy atom. The van der Waals surface area contributed by atoms with Crippen molar-refractivity contribution in [1.82, 2.24) is 9.88 Å². The molecule has 1 aliphatic rings. The fourth-order valence-corrected chi connectivity index (χ4v) is 5.10. The zero-order valence-corrected chi connectivity index (χ0v) is 20.1. The predicted octanol–water partition coefficient (Wildman–Crippen LogP) is 6.10. The number of piperidine rings is 1. The Morgan fingerprint density at radius 2 is 1.89 bits per heavy atom. The molecule has 1 aromatic heterocycles. The van der Waals surface area contributed by atoms with Crippen molar-refractivity contribution in [3.8, 4) is 5.75 Å². The summed E-state index contributed by atoms with van der Waals surface area (Å²) in [5, 5.41) is 5.59. The number of nitrogens with zero attached hydrogens (tertiary/aromatic N) is 2. The van der Waals surface area contributed by atoms with Gasteiger partial charge < -0.3 is 15.0 Å². The van der Waals surface area contributed by atoms with Crippen molar-refractivity contribution in [3.63, 3.8) is 0 Å². The highest BCUT2D eigenvalue weighted by Gasteiger charge is 2.36. The van der Waals surface area contributed by atoms with E-state index in [4.69, 9.17) is 16.3 Å². The second-order valence-electron chi connectivity index (χ2n) is 7.98. The molecule has 3 aromatic rings. The van der Waals surface area contributed by atoms with Gasteiger partial charge >= 0.3 is 6.18 Å². The lowest BCUT2D eigenvalue weighted by molar-refractivity contribution is -0.138. The molecule has 35 heavy (non-hydrogen) atoms. The van der Waals surface area contributed by atoms with E-state index in [2.05, 4.69) is 10.3 Å². The fraction of sp³-hybridized carbons (Fsp3) is 0.292. The fourth-order valence-electron chi connectivity index (χ4n) is 3.96. The van der Waals surface area contributed by atoms with E-state index >= 15 is 0 Å². The maximum atomic E-state index is 13.3. The van der Waals surface area contributed by atoms with Gasteiger partial charge in [0.1, 0.15) is 11.4 Å². The van der Waals surface area contributed by atoms with Crippen molar-refractivity contribution in [3.05, 3.63) is 74.7 Å². The molecule has 1 N–H and O–H groups in total. The molecule has 1 fully saturated rings. The van der Waals surface area contributed by atoms with Gasteiger partial charge in [0.05, 0.1) is 28.9 Å². The smallest absolute Gasteiger partial charge is 0.417 e. The highest BCUT2D eigenvalue weighted by Crippen LogP contribution is 2.35. The second kappa shape index (κ2) is 10.2. The predicted molar refractivity (Wildman–Crippen MR) is 127 cm³/mol. The highest BCUT2D eigenvalue weighted by atomic mass is 35.5. The first-order valence-corrected chi connectivity index (χ1v) is 12.0. The van der Waals surface area contributed by atoms with E-state index in [1.54, 1.807) is 23.6 Å². The number of thiazole rings is 1. The molecule has 0 radical (unpaired) electrons. The Balaban J connectivity index is 1.40. The van der Waals surface area contributed by atoms with Crippen LogP contribution in [0.25, 0.3) is 0 Å². The van der Waals surface area contributed by atoms with Crippen LogP contribution in [0.1, 0.15) is 50.2 Å². The zero-order valence-electron chi connectivity index (χ0n) is 18.6. The number of rotatable bonds is 5. The van der Waals surface area contributed by atoms with Crippen LogP contribution in [-0.4, -0.2) is 41.9 Å². The molecule has 0 atom stereocenters. The van der Waals surface area contributed by atoms with Crippen molar-refractivity contribution in [2.45, 2.75) is 24.9 Å². The quantitative estimate of drug-likeness (QED) is 0.439. The number of alkyl halides is 3. The summed E-state index contributed by atoms with van der Waals surface area (Å²) in [4.78, 5) is 31.4. The SMILES string of the molecule is COc1ccc(Cl)cc1NC(=O)c1csc(C2CCN(C(=O)c3ccccc3C(F)(F)F)CC2)n1. The Morgan fingerprint density at radius 3 is 2.57 bits per heavy atom. The van der Waals surface area contributed by atoms with E-state index in [9.17, 15) is 22.8 Å². The number of carbonyl (C=O) groups excluding carboxylic acids is 2. The van der Waals surface area contributed by atoms with Gasteiger partial charge in [0.2, 0.25) is 0 Å². The number of methoxy groups -OCH3 is 1. The molecule has 1 saturated heterocycles. The molecule has 2 aromatic carbocycles. The Kier molecular flexibility index (Phi) is 7.32. The molecule has 4 rings (SSSR count). The molecule has 11 heteroatoms. The number of benzene rings is 2. The summed E-state index contributed by atoms with van der Waals surface area (Å²) in [7, 11) is 1.48. The van der Waals surface area contributed by atoms with Crippen LogP contribution in [0.15, 0.2) is 47.8 Å². The Hall–Kier alpha value is -3.11. The molecule has 184 valence electrons. The van der Waals surface area contributed by atoms with Crippen molar-refractivity contribution in [2.24, 2.45) is 0 Å². The van der Waals surface area contributed by atoms with Crippen LogP contribution < -0.4 is 10.1 Å². The maximum absolute atomic E-state index is 13.3. The Labute approximate surface area is 208 Å². The van der Waals surface area contributed by atoms with Gasteiger partial charge in [-0.1, -0.05) is 23.7 Å². The summed E-state index contributed by atoms with van der Waals surface area (Å²) in [6.07, 6.45) is -3.52. The lowest BCUT2D eigenvalue weighted by atomic mass is 9.96. The summed E-state index contributed by atoms with van der Waals surface area (Å²) in [6.45, 7) is 0.604. The molecule has 6 nitrogen and oxygen atoms in total. The van der Waals surface area contributed by atoms with Gasteiger partial charge in [0, 0.05) is 29.4 Å². The van der Waals surface area contributed by atoms with Crippen LogP contribution in [0.2, 0.25) is 5.02 Å². The summed E-state index contributed by atoms with van der Waals surface area (Å²) < 4.78 is 45.1. The van der Waals surface area contributed by atoms with Crippen LogP contribution in [0.5, 0.6) is 5.75 Å². The van der Waals surface area contributed by atoms with Gasteiger partial charge in [-0.15, -0.1) is 11.3 Å². The molecule has 1 aliphatic heterocycles. The van der Waals surface area contributed by atoms with E-state index < -0.39 is 23.6 Å². The van der Waals surface area contributed by atoms with Crippen LogP contribution in [-0.2, 0) is 6.18 Å².